The summed E-state index contributed by atoms with van der Waals surface area (Å²) in [4.78, 5) is 147. The van der Waals surface area contributed by atoms with Crippen molar-refractivity contribution in [2.75, 3.05) is 52.4 Å². The molecule has 1 saturated heterocycles. The van der Waals surface area contributed by atoms with E-state index in [0.29, 0.717) is 70.2 Å². The van der Waals surface area contributed by atoms with Gasteiger partial charge in [0.15, 0.2) is 5.96 Å². The van der Waals surface area contributed by atoms with E-state index in [1.807, 2.05) is 0 Å². The van der Waals surface area contributed by atoms with E-state index < -0.39 is 114 Å². The molecule has 8 atom stereocenters. The SMILES string of the molecule is C[C@H](NC(=O)[C@H](CCN)NC(=O)[C@@H](N)CCCCN)C(=O)NCC(=O)N[C@H](CCCN)C(=O)N1CCC[C@H]1C(=O)N[C@@H](Cc1cnc[nH]1)C(=O)N[C@@H](CCCCN)C(=O)N/C(=C\CCN=C(N)N)C(=O)N[C@@H](CCCCN)C(N)=O. The van der Waals surface area contributed by atoms with Crippen molar-refractivity contribution in [2.45, 2.75) is 158 Å². The Morgan fingerprint density at radius 1 is 0.675 bits per heavy atom. The molecule has 1 aliphatic rings. The first-order chi connectivity index (χ1) is 38.2. The zero-order chi connectivity index (χ0) is 59.6. The lowest BCUT2D eigenvalue weighted by Crippen LogP contribution is -2.59. The smallest absolute Gasteiger partial charge is 0.268 e. The van der Waals surface area contributed by atoms with E-state index in [1.54, 1.807) is 0 Å². The second-order valence-electron chi connectivity index (χ2n) is 19.3. The van der Waals surface area contributed by atoms with Gasteiger partial charge in [-0.1, -0.05) is 12.5 Å². The van der Waals surface area contributed by atoms with Gasteiger partial charge in [-0.15, -0.1) is 0 Å². The zero-order valence-corrected chi connectivity index (χ0v) is 45.9. The number of hydrogen-bond acceptors (Lipinski definition) is 18. The molecule has 2 heterocycles. The number of H-pyrrole nitrogens is 1. The Kier molecular flexibility index (Phi) is 32.9. The molecule has 0 saturated carbocycles. The van der Waals surface area contributed by atoms with Gasteiger partial charge in [-0.3, -0.25) is 52.9 Å². The number of nitrogens with two attached hydrogens (primary N) is 9. The third-order valence-corrected chi connectivity index (χ3v) is 12.8. The van der Waals surface area contributed by atoms with Crippen LogP contribution < -0.4 is 94.1 Å². The molecule has 0 bridgehead atoms. The molecule has 27 N–H and O–H groups in total. The minimum atomic E-state index is -1.36. The van der Waals surface area contributed by atoms with Crippen LogP contribution in [0.1, 0.15) is 109 Å². The van der Waals surface area contributed by atoms with E-state index >= 15 is 0 Å². The van der Waals surface area contributed by atoms with Crippen LogP contribution in [0.3, 0.4) is 0 Å². The van der Waals surface area contributed by atoms with Crippen molar-refractivity contribution in [3.05, 3.63) is 30.0 Å². The van der Waals surface area contributed by atoms with Crippen molar-refractivity contribution in [3.8, 4) is 0 Å². The van der Waals surface area contributed by atoms with Crippen LogP contribution in [0.4, 0.5) is 0 Å². The molecule has 1 aliphatic heterocycles. The summed E-state index contributed by atoms with van der Waals surface area (Å²) in [5.74, 6) is -7.66. The van der Waals surface area contributed by atoms with Gasteiger partial charge >= 0.3 is 0 Å². The van der Waals surface area contributed by atoms with E-state index in [4.69, 9.17) is 51.6 Å². The first-order valence-electron chi connectivity index (χ1n) is 27.2. The lowest BCUT2D eigenvalue weighted by atomic mass is 10.0. The van der Waals surface area contributed by atoms with Crippen molar-refractivity contribution < 1.29 is 47.9 Å². The topological polar surface area (TPSA) is 545 Å². The Balaban J connectivity index is 2.28. The summed E-state index contributed by atoms with van der Waals surface area (Å²) in [6.45, 7) is 2.13. The number of aromatic nitrogens is 2. The summed E-state index contributed by atoms with van der Waals surface area (Å²) in [6.07, 6.45) is 8.70. The quantitative estimate of drug-likeness (QED) is 0.0126. The number of carbonyl (C=O) groups is 10. The Hall–Kier alpha value is -7.32. The fourth-order valence-corrected chi connectivity index (χ4v) is 8.35. The number of imidazole rings is 1. The average Bonchev–Trinajstić information content (AvgIpc) is 4.15. The summed E-state index contributed by atoms with van der Waals surface area (Å²) in [6, 6.07) is -9.25. The number of hydrogen-bond donors (Lipinski definition) is 18. The highest BCUT2D eigenvalue weighted by molar-refractivity contribution is 6.02. The van der Waals surface area contributed by atoms with Crippen molar-refractivity contribution in [3.63, 3.8) is 0 Å². The number of guanidine groups is 1. The first kappa shape index (κ1) is 68.8. The van der Waals surface area contributed by atoms with Gasteiger partial charge in [0.25, 0.3) is 5.91 Å². The number of likely N-dealkylation sites (tertiary alicyclic amines) is 1. The minimum absolute atomic E-state index is 0.0303. The van der Waals surface area contributed by atoms with Crippen molar-refractivity contribution in [1.29, 1.82) is 0 Å². The molecule has 1 aromatic heterocycles. The molecule has 0 aliphatic carbocycles. The fourth-order valence-electron chi connectivity index (χ4n) is 8.35. The highest BCUT2D eigenvalue weighted by Crippen LogP contribution is 2.20. The molecule has 1 fully saturated rings. The Morgan fingerprint density at radius 2 is 1.27 bits per heavy atom. The van der Waals surface area contributed by atoms with E-state index in [2.05, 4.69) is 57.5 Å². The number of aromatic amines is 1. The summed E-state index contributed by atoms with van der Waals surface area (Å²) in [5, 5.41) is 20.7. The van der Waals surface area contributed by atoms with Crippen LogP contribution in [0, 0.1) is 0 Å². The molecule has 0 unspecified atom stereocenters. The monoisotopic (exact) mass is 1130 g/mol. The number of nitrogens with one attached hydrogen (secondary N) is 9. The highest BCUT2D eigenvalue weighted by atomic mass is 16.2. The summed E-state index contributed by atoms with van der Waals surface area (Å²) in [5.41, 5.74) is 51.0. The van der Waals surface area contributed by atoms with Crippen LogP contribution in [0.5, 0.6) is 0 Å². The van der Waals surface area contributed by atoms with Crippen LogP contribution in [0.2, 0.25) is 0 Å². The van der Waals surface area contributed by atoms with E-state index in [-0.39, 0.29) is 95.7 Å². The van der Waals surface area contributed by atoms with Crippen molar-refractivity contribution >= 4 is 65.0 Å². The normalized spacial score (nSPS) is 15.8. The molecular formula is C49H89N21O10. The molecule has 1 aromatic rings. The molecule has 10 amide bonds. The maximum Gasteiger partial charge on any atom is 0.268 e. The molecule has 31 heteroatoms. The van der Waals surface area contributed by atoms with Crippen molar-refractivity contribution in [1.82, 2.24) is 57.4 Å². The number of carbonyl (C=O) groups excluding carboxylic acids is 10. The Morgan fingerprint density at radius 3 is 1.88 bits per heavy atom. The van der Waals surface area contributed by atoms with Crippen molar-refractivity contribution in [2.24, 2.45) is 56.6 Å². The van der Waals surface area contributed by atoms with Gasteiger partial charge in [-0.25, -0.2) is 4.98 Å². The number of primary amides is 1. The summed E-state index contributed by atoms with van der Waals surface area (Å²) in [7, 11) is 0. The van der Waals surface area contributed by atoms with E-state index in [0.717, 1.165) is 0 Å². The van der Waals surface area contributed by atoms with Gasteiger partial charge in [-0.2, -0.15) is 0 Å². The van der Waals surface area contributed by atoms with E-state index in [1.165, 1.54) is 30.4 Å². The van der Waals surface area contributed by atoms with Gasteiger partial charge in [-0.05, 0) is 130 Å². The number of aliphatic imine (C=N–C) groups is 1. The van der Waals surface area contributed by atoms with Gasteiger partial charge in [0, 0.05) is 31.4 Å². The fraction of sp³-hybridized carbons (Fsp3) is 0.673. The number of rotatable bonds is 40. The molecule has 80 heavy (non-hydrogen) atoms. The molecular weight excluding hydrogens is 1040 g/mol. The van der Waals surface area contributed by atoms with Gasteiger partial charge in [0.1, 0.15) is 48.0 Å². The number of unbranched alkanes of at least 4 members (excludes halogenated alkanes) is 3. The maximum absolute atomic E-state index is 14.4. The zero-order valence-electron chi connectivity index (χ0n) is 45.9. The number of amides is 10. The van der Waals surface area contributed by atoms with Crippen LogP contribution in [0.25, 0.3) is 0 Å². The van der Waals surface area contributed by atoms with Gasteiger partial charge < -0.3 is 104 Å². The lowest BCUT2D eigenvalue weighted by Gasteiger charge is -2.30. The van der Waals surface area contributed by atoms with Gasteiger partial charge in [0.05, 0.1) is 18.9 Å². The second-order valence-corrected chi connectivity index (χ2v) is 19.3. The molecule has 31 nitrogen and oxygen atoms in total. The van der Waals surface area contributed by atoms with Crippen LogP contribution in [-0.2, 0) is 54.4 Å². The van der Waals surface area contributed by atoms with Crippen LogP contribution in [-0.4, -0.2) is 181 Å². The third-order valence-electron chi connectivity index (χ3n) is 12.8. The predicted molar refractivity (Wildman–Crippen MR) is 297 cm³/mol. The summed E-state index contributed by atoms with van der Waals surface area (Å²) >= 11 is 0. The minimum Gasteiger partial charge on any atom is -0.370 e. The van der Waals surface area contributed by atoms with Crippen LogP contribution in [0.15, 0.2) is 29.3 Å². The molecule has 0 radical (unpaired) electrons. The third kappa shape index (κ3) is 25.6. The Bertz CT molecular complexity index is 2210. The van der Waals surface area contributed by atoms with Gasteiger partial charge in [0.2, 0.25) is 53.2 Å². The van der Waals surface area contributed by atoms with E-state index in [9.17, 15) is 47.9 Å². The lowest BCUT2D eigenvalue weighted by molar-refractivity contribution is -0.142. The average molecular weight is 1130 g/mol. The standard InChI is InChI=1S/C49H89N21O10/c1-29(63-43(75)35(17-22-54)66-42(74)31(55)11-2-5-18-50)41(73)61-27-39(71)64-36(14-8-21-53)48(80)70-24-10-16-38(70)47(79)69-37(25-30-26-59-28-62-30)46(78)68-33(13-4-7-20-52)45(77)67-34(15-9-23-60-49(57)58)44(76)65-32(40(56)72)12-3-6-19-51/h15,26,28-29,31-33,35-38H,2-14,16-25,27,50-55H2,1H3,(H2,56,72)(H,59,62)(H,61,73)(H,63,75)(H,64,71)(H,65,76)(H,66,74)(H,67,77)(H,68,78)(H,69,79)(H4,57,58,60)/b34-15-/t29-,31-,32-,33-,35-,36+,37-,38-/m0/s1. The first-order valence-corrected chi connectivity index (χ1v) is 27.2. The van der Waals surface area contributed by atoms with Crippen LogP contribution >= 0.6 is 0 Å². The Labute approximate surface area is 466 Å². The molecule has 0 aromatic carbocycles. The molecule has 2 rings (SSSR count). The molecule has 0 spiro atoms. The second kappa shape index (κ2) is 38.3. The highest BCUT2D eigenvalue weighted by Gasteiger charge is 2.39. The number of nitrogens with zero attached hydrogens (tertiary/aromatic N) is 3. The predicted octanol–water partition coefficient (Wildman–Crippen LogP) is -7.06. The maximum atomic E-state index is 14.4. The molecule has 450 valence electrons. The largest absolute Gasteiger partial charge is 0.370 e. The summed E-state index contributed by atoms with van der Waals surface area (Å²) < 4.78 is 0.